The van der Waals surface area contributed by atoms with E-state index in [1.54, 1.807) is 16.7 Å². The number of halogens is 1. The van der Waals surface area contributed by atoms with E-state index in [1.807, 2.05) is 11.9 Å². The molecule has 3 aliphatic rings. The molecule has 312 valence electrons. The Bertz CT molecular complexity index is 1600. The lowest BCUT2D eigenvalue weighted by Crippen LogP contribution is -2.55. The molecule has 2 unspecified atom stereocenters. The normalized spacial score (nSPS) is 18.4. The summed E-state index contributed by atoms with van der Waals surface area (Å²) in [6.45, 7) is 15.5. The molecule has 1 saturated carbocycles. The van der Waals surface area contributed by atoms with Gasteiger partial charge in [0, 0.05) is 82.2 Å². The number of likely N-dealkylation sites (N-methyl/N-ethyl adjacent to an activating group) is 1. The topological polar surface area (TPSA) is 160 Å². The van der Waals surface area contributed by atoms with Gasteiger partial charge in [-0.25, -0.2) is 4.39 Å². The van der Waals surface area contributed by atoms with Gasteiger partial charge in [0.2, 0.25) is 17.7 Å². The van der Waals surface area contributed by atoms with Crippen molar-refractivity contribution in [2.24, 2.45) is 23.3 Å². The largest absolute Gasteiger partial charge is 0.366 e. The number of carbonyl (C=O) groups is 4. The second-order valence-corrected chi connectivity index (χ2v) is 15.4. The summed E-state index contributed by atoms with van der Waals surface area (Å²) in [4.78, 5) is 61.5. The summed E-state index contributed by atoms with van der Waals surface area (Å²) in [6, 6.07) is 3.81. The molecule has 2 aliphatic heterocycles. The second-order valence-electron chi connectivity index (χ2n) is 15.4. The molecule has 1 aromatic rings. The molecule has 57 heavy (non-hydrogen) atoms. The summed E-state index contributed by atoms with van der Waals surface area (Å²) in [6.07, 6.45) is 12.3. The first-order valence-electron chi connectivity index (χ1n) is 20.6. The van der Waals surface area contributed by atoms with Crippen LogP contribution in [0.25, 0.3) is 0 Å². The van der Waals surface area contributed by atoms with Crippen LogP contribution in [0.3, 0.4) is 0 Å². The van der Waals surface area contributed by atoms with Crippen molar-refractivity contribution in [2.45, 2.75) is 78.1 Å². The fraction of sp³-hybridized carbons (Fsp3) is 0.605. The lowest BCUT2D eigenvalue weighted by Gasteiger charge is -2.39. The van der Waals surface area contributed by atoms with Gasteiger partial charge in [0.05, 0.1) is 26.0 Å². The third-order valence-electron chi connectivity index (χ3n) is 11.6. The van der Waals surface area contributed by atoms with E-state index in [2.05, 4.69) is 31.1 Å². The number of nitrogens with zero attached hydrogens (tertiary/aromatic N) is 5. The van der Waals surface area contributed by atoms with Gasteiger partial charge in [0.15, 0.2) is 0 Å². The molecule has 0 spiro atoms. The van der Waals surface area contributed by atoms with Gasteiger partial charge < -0.3 is 31.6 Å². The van der Waals surface area contributed by atoms with Crippen molar-refractivity contribution in [2.75, 3.05) is 79.0 Å². The van der Waals surface area contributed by atoms with Crippen LogP contribution < -0.4 is 11.5 Å². The number of carbonyl (C=O) groups excluding carboxylic acids is 4. The molecule has 1 aromatic carbocycles. The van der Waals surface area contributed by atoms with Crippen LogP contribution in [-0.4, -0.2) is 147 Å². The molecular formula is C43H66BFN8O4. The van der Waals surface area contributed by atoms with Crippen molar-refractivity contribution >= 4 is 37.2 Å². The first kappa shape index (κ1) is 47.2. The Kier molecular flexibility index (Phi) is 19.8. The van der Waals surface area contributed by atoms with Crippen LogP contribution in [0, 0.1) is 23.1 Å². The Balaban J connectivity index is 0.00000428. The van der Waals surface area contributed by atoms with Crippen LogP contribution in [0.4, 0.5) is 4.39 Å². The number of hydrogen-bond donors (Lipinski definition) is 3. The lowest BCUT2D eigenvalue weighted by atomic mass is 9.83. The van der Waals surface area contributed by atoms with Crippen LogP contribution in [-0.2, 0) is 20.8 Å². The van der Waals surface area contributed by atoms with Crippen molar-refractivity contribution in [1.29, 1.82) is 5.41 Å². The maximum Gasteiger partial charge on any atom is 0.256 e. The van der Waals surface area contributed by atoms with Crippen molar-refractivity contribution in [3.8, 4) is 0 Å². The molecular weight excluding hydrogens is 722 g/mol. The number of benzene rings is 1. The lowest BCUT2D eigenvalue weighted by molar-refractivity contribution is -0.136. The van der Waals surface area contributed by atoms with Crippen molar-refractivity contribution in [3.05, 3.63) is 71.1 Å². The Morgan fingerprint density at radius 3 is 2.18 bits per heavy atom. The molecule has 0 aromatic heterocycles. The van der Waals surface area contributed by atoms with Crippen molar-refractivity contribution < 1.29 is 23.6 Å². The molecule has 2 radical (unpaired) electrons. The van der Waals surface area contributed by atoms with Crippen molar-refractivity contribution in [1.82, 2.24) is 24.5 Å². The highest BCUT2D eigenvalue weighted by Crippen LogP contribution is 2.27. The minimum Gasteiger partial charge on any atom is -0.366 e. The van der Waals surface area contributed by atoms with Crippen molar-refractivity contribution in [3.63, 3.8) is 0 Å². The summed E-state index contributed by atoms with van der Waals surface area (Å²) in [5, 5.41) is 8.60. The molecule has 4 amide bonds. The van der Waals surface area contributed by atoms with E-state index < -0.39 is 17.6 Å². The number of primary amides is 1. The number of piperazine rings is 2. The smallest absolute Gasteiger partial charge is 0.256 e. The molecule has 5 N–H and O–H groups in total. The van der Waals surface area contributed by atoms with E-state index in [9.17, 15) is 23.6 Å². The number of allylic oxidation sites excluding steroid dienone is 3. The zero-order valence-corrected chi connectivity index (χ0v) is 34.8. The minimum atomic E-state index is -0.674. The van der Waals surface area contributed by atoms with Gasteiger partial charge in [0.25, 0.3) is 5.91 Å². The number of rotatable bonds is 17. The van der Waals surface area contributed by atoms with Gasteiger partial charge >= 0.3 is 0 Å². The Labute approximate surface area is 341 Å². The first-order valence-corrected chi connectivity index (χ1v) is 20.6. The predicted octanol–water partition coefficient (Wildman–Crippen LogP) is 3.82. The number of nitrogens with two attached hydrogens (primary N) is 2. The number of amides is 4. The highest BCUT2D eigenvalue weighted by Gasteiger charge is 2.32. The average molecular weight is 789 g/mol. The second kappa shape index (κ2) is 23.9. The summed E-state index contributed by atoms with van der Waals surface area (Å²) in [5.41, 5.74) is 12.9. The van der Waals surface area contributed by atoms with E-state index >= 15 is 0 Å². The fourth-order valence-corrected chi connectivity index (χ4v) is 8.04. The SMILES string of the molecule is C=C/C=C(C(=N)Cc1ccc(F)c(C(=O)N2CCN(C(=O)CN(C)CCC(CC)CN3CCN(C(=O)C(N)C4CCCCC4)CC3)CC2)c1)\C(=C/C)C(N)=O.[B]C. The molecule has 12 nitrogen and oxygen atoms in total. The van der Waals surface area contributed by atoms with E-state index in [0.717, 1.165) is 65.0 Å². The third-order valence-corrected chi connectivity index (χ3v) is 11.6. The summed E-state index contributed by atoms with van der Waals surface area (Å²) >= 11 is 0. The van der Waals surface area contributed by atoms with Gasteiger partial charge in [-0.3, -0.25) is 29.0 Å². The molecule has 1 aliphatic carbocycles. The molecule has 2 heterocycles. The van der Waals surface area contributed by atoms with Gasteiger partial charge in [-0.05, 0) is 69.3 Å². The standard InChI is InChI=1S/C42H63FN8O4.CH3B/c1-5-11-34(33(7-3)40(46)53)37(44)27-31-14-15-36(43)35(26-31)41(54)50-24-22-49(23-25-50)38(52)29-47(4)17-16-30(6-2)28-48-18-20-51(21-19-48)42(55)39(45)32-12-9-8-10-13-32;1-2/h5,7,11,14-15,26,30,32,39,44H,1,6,8-10,12-13,16-25,27-29,45H2,2-4H3,(H2,46,53);1H3/b33-7+,34-11+,44-37?;. The predicted molar refractivity (Wildman–Crippen MR) is 227 cm³/mol. The van der Waals surface area contributed by atoms with Crippen LogP contribution in [0.2, 0.25) is 6.82 Å². The summed E-state index contributed by atoms with van der Waals surface area (Å²) < 4.78 is 15.0. The maximum atomic E-state index is 15.0. The monoisotopic (exact) mass is 789 g/mol. The molecule has 2 atom stereocenters. The molecule has 14 heteroatoms. The van der Waals surface area contributed by atoms with Crippen LogP contribution in [0.1, 0.15) is 74.7 Å². The summed E-state index contributed by atoms with van der Waals surface area (Å²) in [5.74, 6) is -0.883. The van der Waals surface area contributed by atoms with Crippen LogP contribution >= 0.6 is 0 Å². The maximum absolute atomic E-state index is 15.0. The van der Waals surface area contributed by atoms with Gasteiger partial charge in [-0.15, -0.1) is 0 Å². The van der Waals surface area contributed by atoms with E-state index in [4.69, 9.17) is 16.9 Å². The molecule has 4 rings (SSSR count). The third kappa shape index (κ3) is 13.7. The average Bonchev–Trinajstić information content (AvgIpc) is 3.23. The molecule has 2 saturated heterocycles. The van der Waals surface area contributed by atoms with Crippen LogP contribution in [0.5, 0.6) is 0 Å². The minimum absolute atomic E-state index is 0.00130. The fourth-order valence-electron chi connectivity index (χ4n) is 8.04. The van der Waals surface area contributed by atoms with Gasteiger partial charge in [-0.1, -0.05) is 70.3 Å². The Morgan fingerprint density at radius 2 is 1.60 bits per heavy atom. The highest BCUT2D eigenvalue weighted by molar-refractivity contribution is 6.13. The van der Waals surface area contributed by atoms with E-state index in [-0.39, 0.29) is 60.8 Å². The quantitative estimate of drug-likeness (QED) is 0.0937. The zero-order chi connectivity index (χ0) is 42.1. The Morgan fingerprint density at radius 1 is 0.982 bits per heavy atom. The number of nitrogens with one attached hydrogen (secondary N) is 1. The van der Waals surface area contributed by atoms with E-state index in [0.29, 0.717) is 36.1 Å². The zero-order valence-electron chi connectivity index (χ0n) is 34.8. The molecule has 0 bridgehead atoms. The summed E-state index contributed by atoms with van der Waals surface area (Å²) in [7, 11) is 6.46. The number of hydrogen-bond acceptors (Lipinski definition) is 8. The van der Waals surface area contributed by atoms with Gasteiger partial charge in [0.1, 0.15) is 5.82 Å². The highest BCUT2D eigenvalue weighted by atomic mass is 19.1. The molecule has 3 fully saturated rings. The van der Waals surface area contributed by atoms with Crippen LogP contribution in [0.15, 0.2) is 54.2 Å². The van der Waals surface area contributed by atoms with Gasteiger partial charge in [-0.2, -0.15) is 0 Å². The van der Waals surface area contributed by atoms with E-state index in [1.165, 1.54) is 62.5 Å². The first-order chi connectivity index (χ1) is 27.4. The Hall–Kier alpha value is -4.14.